The van der Waals surface area contributed by atoms with E-state index in [9.17, 15) is 18.0 Å². The Bertz CT molecular complexity index is 802. The number of imidazole rings is 1. The number of hydrogen-bond donors (Lipinski definition) is 1. The molecule has 0 bridgehead atoms. The summed E-state index contributed by atoms with van der Waals surface area (Å²) in [6.45, 7) is 2.74. The third-order valence-corrected chi connectivity index (χ3v) is 4.54. The van der Waals surface area contributed by atoms with Crippen molar-refractivity contribution in [2.45, 2.75) is 32.5 Å². The molecule has 0 fully saturated rings. The highest BCUT2D eigenvalue weighted by atomic mass is 19.4. The third kappa shape index (κ3) is 3.97. The maximum absolute atomic E-state index is 12.8. The van der Waals surface area contributed by atoms with Gasteiger partial charge in [-0.05, 0) is 30.9 Å². The number of aryl methyl sites for hydroxylation is 2. The molecule has 1 atom stereocenters. The number of halogens is 3. The molecule has 0 unspecified atom stereocenters. The molecule has 1 aliphatic heterocycles. The van der Waals surface area contributed by atoms with E-state index in [4.69, 9.17) is 0 Å². The Kier molecular flexibility index (Phi) is 4.88. The zero-order valence-electron chi connectivity index (χ0n) is 14.5. The van der Waals surface area contributed by atoms with E-state index < -0.39 is 11.9 Å². The number of nitrogens with zero attached hydrogens (tertiary/aromatic N) is 4. The number of urea groups is 1. The van der Waals surface area contributed by atoms with Crippen molar-refractivity contribution in [1.29, 1.82) is 0 Å². The maximum Gasteiger partial charge on any atom is 0.434 e. The first kappa shape index (κ1) is 18.2. The van der Waals surface area contributed by atoms with E-state index in [1.54, 1.807) is 35.0 Å². The second-order valence-electron chi connectivity index (χ2n) is 6.60. The number of anilines is 1. The molecule has 9 heteroatoms. The lowest BCUT2D eigenvalue weighted by Crippen LogP contribution is -2.38. The highest BCUT2D eigenvalue weighted by Gasteiger charge is 2.36. The summed E-state index contributed by atoms with van der Waals surface area (Å²) < 4.78 is 39.9. The molecule has 2 amide bonds. The molecule has 6 nitrogen and oxygen atoms in total. The van der Waals surface area contributed by atoms with Gasteiger partial charge in [0.2, 0.25) is 0 Å². The van der Waals surface area contributed by atoms with Crippen LogP contribution in [0.3, 0.4) is 0 Å². The van der Waals surface area contributed by atoms with Crippen LogP contribution >= 0.6 is 0 Å². The minimum Gasteiger partial charge on any atom is -0.334 e. The summed E-state index contributed by atoms with van der Waals surface area (Å²) in [5, 5.41) is 2.80. The number of aromatic nitrogens is 3. The predicted molar refractivity (Wildman–Crippen MR) is 89.7 cm³/mol. The molecule has 0 radical (unpaired) electrons. The molecule has 0 saturated heterocycles. The molecule has 2 aromatic rings. The van der Waals surface area contributed by atoms with Gasteiger partial charge in [0, 0.05) is 39.0 Å². The summed E-state index contributed by atoms with van der Waals surface area (Å²) in [6, 6.07) is 1.53. The van der Waals surface area contributed by atoms with Gasteiger partial charge in [0.1, 0.15) is 5.82 Å². The van der Waals surface area contributed by atoms with Crippen molar-refractivity contribution < 1.29 is 18.0 Å². The van der Waals surface area contributed by atoms with Crippen LogP contribution in [0, 0.1) is 12.8 Å². The van der Waals surface area contributed by atoms with Crippen molar-refractivity contribution in [3.63, 3.8) is 0 Å². The Morgan fingerprint density at radius 1 is 1.46 bits per heavy atom. The molecule has 26 heavy (non-hydrogen) atoms. The number of amides is 2. The molecule has 0 aromatic carbocycles. The van der Waals surface area contributed by atoms with Crippen LogP contribution in [0.5, 0.6) is 0 Å². The molecule has 3 heterocycles. The molecule has 0 spiro atoms. The fourth-order valence-electron chi connectivity index (χ4n) is 3.08. The Hall–Kier alpha value is -2.58. The summed E-state index contributed by atoms with van der Waals surface area (Å²) >= 11 is 0. The van der Waals surface area contributed by atoms with Crippen LogP contribution in [0.15, 0.2) is 24.7 Å². The first-order valence-corrected chi connectivity index (χ1v) is 8.30. The van der Waals surface area contributed by atoms with E-state index in [0.717, 1.165) is 11.8 Å². The fraction of sp³-hybridized carbons (Fsp3) is 0.471. The van der Waals surface area contributed by atoms with Crippen LogP contribution in [0.2, 0.25) is 0 Å². The normalized spacial score (nSPS) is 16.9. The monoisotopic (exact) mass is 367 g/mol. The average molecular weight is 367 g/mol. The van der Waals surface area contributed by atoms with Crippen molar-refractivity contribution in [2.75, 3.05) is 18.9 Å². The summed E-state index contributed by atoms with van der Waals surface area (Å²) in [7, 11) is 1.67. The molecule has 3 rings (SSSR count). The van der Waals surface area contributed by atoms with Gasteiger partial charge in [-0.3, -0.25) is 4.98 Å². The number of fused-ring (bicyclic) bond motifs is 1. The van der Waals surface area contributed by atoms with Crippen LogP contribution < -0.4 is 5.32 Å². The van der Waals surface area contributed by atoms with Crippen LogP contribution in [-0.4, -0.2) is 39.1 Å². The summed E-state index contributed by atoms with van der Waals surface area (Å²) in [5.74, 6) is 0.523. The second-order valence-corrected chi connectivity index (χ2v) is 6.60. The van der Waals surface area contributed by atoms with Crippen molar-refractivity contribution >= 4 is 11.7 Å². The van der Waals surface area contributed by atoms with E-state index in [1.807, 2.05) is 6.92 Å². The van der Waals surface area contributed by atoms with Gasteiger partial charge in [-0.25, -0.2) is 9.78 Å². The van der Waals surface area contributed by atoms with Gasteiger partial charge >= 0.3 is 12.2 Å². The number of carbonyl (C=O) groups excluding carboxylic acids is 1. The highest BCUT2D eigenvalue weighted by Crippen LogP contribution is 2.30. The van der Waals surface area contributed by atoms with E-state index in [1.165, 1.54) is 0 Å². The largest absolute Gasteiger partial charge is 0.434 e. The van der Waals surface area contributed by atoms with Crippen LogP contribution in [0.1, 0.15) is 23.5 Å². The van der Waals surface area contributed by atoms with Crippen molar-refractivity contribution in [3.8, 4) is 0 Å². The van der Waals surface area contributed by atoms with E-state index >= 15 is 0 Å². The summed E-state index contributed by atoms with van der Waals surface area (Å²) in [6.07, 6.45) is 1.02. The lowest BCUT2D eigenvalue weighted by atomic mass is 9.99. The molecule has 140 valence electrons. The minimum absolute atomic E-state index is 0.0727. The van der Waals surface area contributed by atoms with Crippen molar-refractivity contribution in [2.24, 2.45) is 5.92 Å². The zero-order chi connectivity index (χ0) is 18.9. The molecule has 1 aliphatic rings. The number of pyridine rings is 1. The quantitative estimate of drug-likeness (QED) is 0.905. The van der Waals surface area contributed by atoms with Gasteiger partial charge in [0.05, 0.1) is 11.9 Å². The zero-order valence-corrected chi connectivity index (χ0v) is 14.5. The van der Waals surface area contributed by atoms with E-state index in [0.29, 0.717) is 37.4 Å². The van der Waals surface area contributed by atoms with E-state index in [2.05, 4.69) is 15.3 Å². The smallest absolute Gasteiger partial charge is 0.334 e. The number of nitrogens with one attached hydrogen (secondary N) is 1. The van der Waals surface area contributed by atoms with Gasteiger partial charge in [-0.1, -0.05) is 0 Å². The number of hydrogen-bond acceptors (Lipinski definition) is 3. The summed E-state index contributed by atoms with van der Waals surface area (Å²) in [5.41, 5.74) is 0.688. The number of rotatable bonds is 3. The maximum atomic E-state index is 12.8. The SMILES string of the molecule is Cc1ccncc1NC(=O)N(C)C[C@H]1CCc2nc(C(F)(F)F)cn2C1. The molecule has 1 N–H and O–H groups in total. The Morgan fingerprint density at radius 2 is 2.23 bits per heavy atom. The topological polar surface area (TPSA) is 63.1 Å². The average Bonchev–Trinajstić information content (AvgIpc) is 3.00. The molecular formula is C17H20F3N5O. The van der Waals surface area contributed by atoms with E-state index in [-0.39, 0.29) is 11.9 Å². The van der Waals surface area contributed by atoms with Crippen LogP contribution in [0.25, 0.3) is 0 Å². The van der Waals surface area contributed by atoms with Crippen LogP contribution in [-0.2, 0) is 19.1 Å². The molecular weight excluding hydrogens is 347 g/mol. The third-order valence-electron chi connectivity index (χ3n) is 4.54. The summed E-state index contributed by atoms with van der Waals surface area (Å²) in [4.78, 5) is 21.5. The lowest BCUT2D eigenvalue weighted by Gasteiger charge is -2.28. The first-order valence-electron chi connectivity index (χ1n) is 8.30. The van der Waals surface area contributed by atoms with Gasteiger partial charge < -0.3 is 14.8 Å². The van der Waals surface area contributed by atoms with Crippen LogP contribution in [0.4, 0.5) is 23.7 Å². The van der Waals surface area contributed by atoms with Gasteiger partial charge in [-0.2, -0.15) is 13.2 Å². The van der Waals surface area contributed by atoms with Gasteiger partial charge in [0.15, 0.2) is 5.69 Å². The Morgan fingerprint density at radius 3 is 2.92 bits per heavy atom. The number of alkyl halides is 3. The Balaban J connectivity index is 1.60. The predicted octanol–water partition coefficient (Wildman–Crippen LogP) is 3.33. The highest BCUT2D eigenvalue weighted by molar-refractivity contribution is 5.89. The molecule has 2 aromatic heterocycles. The molecule has 0 aliphatic carbocycles. The second kappa shape index (κ2) is 6.97. The van der Waals surface area contributed by atoms with Gasteiger partial charge in [0.25, 0.3) is 0 Å². The standard InChI is InChI=1S/C17H20F3N5O/c1-11-5-6-21-7-13(11)22-16(26)24(2)8-12-3-4-15-23-14(17(18,19)20)10-25(15)9-12/h5-7,10,12H,3-4,8-9H2,1-2H3,(H,22,26)/t12-/m1/s1. The van der Waals surface area contributed by atoms with Crippen molar-refractivity contribution in [1.82, 2.24) is 19.4 Å². The lowest BCUT2D eigenvalue weighted by molar-refractivity contribution is -0.141. The number of carbonyl (C=O) groups is 1. The van der Waals surface area contributed by atoms with Crippen molar-refractivity contribution in [3.05, 3.63) is 41.7 Å². The Labute approximate surface area is 149 Å². The minimum atomic E-state index is -4.43. The first-order chi connectivity index (χ1) is 12.2. The molecule has 0 saturated carbocycles. The fourth-order valence-corrected chi connectivity index (χ4v) is 3.08. The van der Waals surface area contributed by atoms with Gasteiger partial charge in [-0.15, -0.1) is 0 Å².